The molecule has 3 atom stereocenters. The molecule has 0 bridgehead atoms. The molecule has 2 aromatic carbocycles. The molecule has 8 nitrogen and oxygen atoms in total. The van der Waals surface area contributed by atoms with Crippen molar-refractivity contribution < 1.29 is 33.6 Å². The molecule has 0 radical (unpaired) electrons. The van der Waals surface area contributed by atoms with Crippen molar-refractivity contribution in [3.05, 3.63) is 59.7 Å². The van der Waals surface area contributed by atoms with Gasteiger partial charge in [-0.3, -0.25) is 4.90 Å². The number of aliphatic hydroxyl groups excluding tert-OH is 1. The number of ether oxygens (including phenoxy) is 4. The fourth-order valence-electron chi connectivity index (χ4n) is 3.65. The summed E-state index contributed by atoms with van der Waals surface area (Å²) in [7, 11) is 0. The summed E-state index contributed by atoms with van der Waals surface area (Å²) in [4.78, 5) is 27.0. The molecule has 8 heteroatoms. The Morgan fingerprint density at radius 1 is 1.16 bits per heavy atom. The summed E-state index contributed by atoms with van der Waals surface area (Å²) in [5, 5.41) is 11.1. The highest BCUT2D eigenvalue weighted by Gasteiger charge is 2.53. The number of hydrogen-bond acceptors (Lipinski definition) is 7. The van der Waals surface area contributed by atoms with Gasteiger partial charge in [-0.25, -0.2) is 9.59 Å². The Morgan fingerprint density at radius 3 is 2.58 bits per heavy atom. The van der Waals surface area contributed by atoms with Gasteiger partial charge in [0.1, 0.15) is 12.7 Å². The number of benzene rings is 2. The first-order chi connectivity index (χ1) is 14.8. The third kappa shape index (κ3) is 4.16. The van der Waals surface area contributed by atoms with Crippen LogP contribution in [0.5, 0.6) is 11.5 Å². The van der Waals surface area contributed by atoms with Gasteiger partial charge in [0.25, 0.3) is 0 Å². The maximum absolute atomic E-state index is 13.1. The summed E-state index contributed by atoms with van der Waals surface area (Å²) < 4.78 is 21.7. The van der Waals surface area contributed by atoms with Crippen LogP contribution in [0.1, 0.15) is 38.0 Å². The molecule has 0 unspecified atom stereocenters. The zero-order valence-electron chi connectivity index (χ0n) is 17.6. The Bertz CT molecular complexity index is 970. The highest BCUT2D eigenvalue weighted by molar-refractivity contribution is 5.85. The number of carbonyl (C=O) groups is 2. The van der Waals surface area contributed by atoms with Crippen LogP contribution in [0.4, 0.5) is 4.79 Å². The van der Waals surface area contributed by atoms with E-state index in [1.807, 2.05) is 51.1 Å². The van der Waals surface area contributed by atoms with Crippen LogP contribution in [0, 0.1) is 5.41 Å². The average Bonchev–Trinajstić information content (AvgIpc) is 3.35. The molecule has 1 fully saturated rings. The maximum Gasteiger partial charge on any atom is 0.413 e. The first-order valence-corrected chi connectivity index (χ1v) is 10.0. The minimum atomic E-state index is -1.33. The number of rotatable bonds is 4. The van der Waals surface area contributed by atoms with Crippen molar-refractivity contribution in [2.45, 2.75) is 45.8 Å². The predicted molar refractivity (Wildman–Crippen MR) is 109 cm³/mol. The molecule has 1 amide bonds. The molecule has 0 aromatic heterocycles. The van der Waals surface area contributed by atoms with Crippen LogP contribution >= 0.6 is 0 Å². The fourth-order valence-corrected chi connectivity index (χ4v) is 3.65. The highest BCUT2D eigenvalue weighted by Crippen LogP contribution is 2.40. The van der Waals surface area contributed by atoms with Crippen LogP contribution in [-0.4, -0.2) is 41.1 Å². The number of nitrogens with zero attached hydrogens (tertiary/aromatic N) is 1. The normalized spacial score (nSPS) is 21.0. The van der Waals surface area contributed by atoms with E-state index in [1.54, 1.807) is 18.2 Å². The number of fused-ring (bicyclic) bond motifs is 1. The Hall–Kier alpha value is -3.26. The Morgan fingerprint density at radius 2 is 1.87 bits per heavy atom. The number of hydrogen-bond donors (Lipinski definition) is 1. The zero-order valence-corrected chi connectivity index (χ0v) is 17.6. The molecule has 4 rings (SSSR count). The summed E-state index contributed by atoms with van der Waals surface area (Å²) in [6.07, 6.45) is -2.96. The topological polar surface area (TPSA) is 94.5 Å². The number of cyclic esters (lactones) is 1. The lowest BCUT2D eigenvalue weighted by Gasteiger charge is -2.34. The summed E-state index contributed by atoms with van der Waals surface area (Å²) in [5.41, 5.74) is 0.620. The minimum Gasteiger partial charge on any atom is -0.454 e. The maximum atomic E-state index is 13.1. The largest absolute Gasteiger partial charge is 0.454 e. The molecule has 1 N–H and O–H groups in total. The standard InChI is InChI=1S/C23H25NO7/c1-23(2,3)21-24(22(27)28-12-14-7-5-4-6-8-14)18(20(26)31-21)19(25)15-9-10-16-17(11-15)30-13-29-16/h4-11,18-19,21,25H,12-13H2,1-3H3/t18-,19-,21+/m0/s1/i19+2. The Kier molecular flexibility index (Phi) is 5.49. The lowest BCUT2D eigenvalue weighted by atomic mass is 9.93. The van der Waals surface area contributed by atoms with Gasteiger partial charge in [0.2, 0.25) is 6.79 Å². The number of carbonyl (C=O) groups excluding carboxylic acids is 2. The highest BCUT2D eigenvalue weighted by atomic mass is 16.7. The van der Waals surface area contributed by atoms with Crippen molar-refractivity contribution in [3.63, 3.8) is 0 Å². The molecule has 2 aromatic rings. The monoisotopic (exact) mass is 429 g/mol. The molecule has 0 saturated carbocycles. The lowest BCUT2D eigenvalue weighted by molar-refractivity contribution is -0.148. The van der Waals surface area contributed by atoms with Gasteiger partial charge in [-0.2, -0.15) is 0 Å². The van der Waals surface area contributed by atoms with Gasteiger partial charge in [-0.05, 0) is 23.3 Å². The molecular weight excluding hydrogens is 404 g/mol. The van der Waals surface area contributed by atoms with E-state index in [1.165, 1.54) is 4.90 Å². The second-order valence-electron chi connectivity index (χ2n) is 8.61. The van der Waals surface area contributed by atoms with Crippen molar-refractivity contribution >= 4 is 12.1 Å². The molecule has 0 spiro atoms. The zero-order chi connectivity index (χ0) is 22.2. The molecule has 31 heavy (non-hydrogen) atoms. The van der Waals surface area contributed by atoms with E-state index < -0.39 is 35.9 Å². The van der Waals surface area contributed by atoms with Gasteiger partial charge >= 0.3 is 12.1 Å². The van der Waals surface area contributed by atoms with E-state index >= 15 is 0 Å². The van der Waals surface area contributed by atoms with Gasteiger partial charge in [0, 0.05) is 5.41 Å². The van der Waals surface area contributed by atoms with E-state index in [-0.39, 0.29) is 13.4 Å². The molecular formula is C23H25NO7. The molecule has 2 heterocycles. The van der Waals surface area contributed by atoms with Gasteiger partial charge < -0.3 is 24.1 Å². The molecule has 0 aliphatic carbocycles. The van der Waals surface area contributed by atoms with Crippen molar-refractivity contribution in [3.8, 4) is 11.5 Å². The molecule has 164 valence electrons. The second-order valence-corrected chi connectivity index (χ2v) is 8.61. The van der Waals surface area contributed by atoms with E-state index in [2.05, 4.69) is 0 Å². The van der Waals surface area contributed by atoms with E-state index in [0.29, 0.717) is 17.1 Å². The first-order valence-electron chi connectivity index (χ1n) is 10.0. The first kappa shape index (κ1) is 21.0. The Labute approximate surface area is 180 Å². The third-order valence-corrected chi connectivity index (χ3v) is 5.22. The SMILES string of the molecule is CC(C)(C)[C@H]1OC(=O)[C@H]([14C@@H](O)c2ccc3c(c2)OCO3)N1C(=O)OCc1ccccc1. The summed E-state index contributed by atoms with van der Waals surface area (Å²) >= 11 is 0. The van der Waals surface area contributed by atoms with Crippen molar-refractivity contribution in [2.24, 2.45) is 5.41 Å². The summed E-state index contributed by atoms with van der Waals surface area (Å²) in [6.45, 7) is 5.66. The van der Waals surface area contributed by atoms with E-state index in [9.17, 15) is 14.7 Å². The van der Waals surface area contributed by atoms with Crippen LogP contribution in [0.2, 0.25) is 0 Å². The molecule has 2 aliphatic rings. The van der Waals surface area contributed by atoms with Crippen molar-refractivity contribution in [2.75, 3.05) is 6.79 Å². The smallest absolute Gasteiger partial charge is 0.413 e. The van der Waals surface area contributed by atoms with Crippen molar-refractivity contribution in [1.29, 1.82) is 0 Å². The van der Waals surface area contributed by atoms with Crippen LogP contribution in [0.25, 0.3) is 0 Å². The third-order valence-electron chi connectivity index (χ3n) is 5.22. The fraction of sp³-hybridized carbons (Fsp3) is 0.391. The van der Waals surface area contributed by atoms with Crippen LogP contribution < -0.4 is 9.47 Å². The minimum absolute atomic E-state index is 0.0358. The molecule has 2 aliphatic heterocycles. The number of esters is 1. The van der Waals surface area contributed by atoms with Crippen LogP contribution in [0.15, 0.2) is 48.5 Å². The van der Waals surface area contributed by atoms with Gasteiger partial charge in [-0.1, -0.05) is 57.2 Å². The predicted octanol–water partition coefficient (Wildman–Crippen LogP) is 3.39. The quantitative estimate of drug-likeness (QED) is 0.745. The van der Waals surface area contributed by atoms with E-state index in [4.69, 9.17) is 18.9 Å². The average molecular weight is 429 g/mol. The Balaban J connectivity index is 1.60. The lowest BCUT2D eigenvalue weighted by Crippen LogP contribution is -2.50. The second kappa shape index (κ2) is 8.11. The number of aliphatic hydroxyl groups is 1. The van der Waals surface area contributed by atoms with Crippen LogP contribution in [-0.2, 0) is 20.9 Å². The van der Waals surface area contributed by atoms with Gasteiger partial charge in [0.05, 0.1) is 0 Å². The summed E-state index contributed by atoms with van der Waals surface area (Å²) in [5.74, 6) is 0.326. The van der Waals surface area contributed by atoms with Crippen LogP contribution in [0.3, 0.4) is 0 Å². The van der Waals surface area contributed by atoms with Gasteiger partial charge in [0.15, 0.2) is 23.8 Å². The van der Waals surface area contributed by atoms with Crippen molar-refractivity contribution in [1.82, 2.24) is 4.90 Å². The molecule has 1 saturated heterocycles. The van der Waals surface area contributed by atoms with Gasteiger partial charge in [-0.15, -0.1) is 0 Å². The van der Waals surface area contributed by atoms with E-state index in [0.717, 1.165) is 5.56 Å². The number of amides is 1. The summed E-state index contributed by atoms with van der Waals surface area (Å²) in [6, 6.07) is 12.8.